The highest BCUT2D eigenvalue weighted by molar-refractivity contribution is 7.80. The van der Waals surface area contributed by atoms with Crippen molar-refractivity contribution in [3.8, 4) is 0 Å². The monoisotopic (exact) mass is 488 g/mol. The van der Waals surface area contributed by atoms with Gasteiger partial charge in [-0.05, 0) is 80.5 Å². The van der Waals surface area contributed by atoms with Gasteiger partial charge in [-0.15, -0.1) is 0 Å². The molecule has 188 valence electrons. The summed E-state index contributed by atoms with van der Waals surface area (Å²) in [5, 5.41) is 23.0. The van der Waals surface area contributed by atoms with E-state index in [4.69, 9.17) is 13.5 Å². The Balaban J connectivity index is 1.56. The summed E-state index contributed by atoms with van der Waals surface area (Å²) in [4.78, 5) is 24.1. The number of ether oxygens (including phenoxy) is 1. The number of esters is 1. The molecule has 9 atom stereocenters. The largest absolute Gasteiger partial charge is 0.458 e. The van der Waals surface area contributed by atoms with Gasteiger partial charge in [-0.2, -0.15) is 8.42 Å². The average Bonchev–Trinajstić information content (AvgIpc) is 2.96. The van der Waals surface area contributed by atoms with E-state index < -0.39 is 52.0 Å². The van der Waals surface area contributed by atoms with Crippen LogP contribution in [0.5, 0.6) is 0 Å². The minimum Gasteiger partial charge on any atom is -0.458 e. The summed E-state index contributed by atoms with van der Waals surface area (Å²) >= 11 is 0. The van der Waals surface area contributed by atoms with E-state index in [1.54, 1.807) is 0 Å². The first-order valence-corrected chi connectivity index (χ1v) is 13.3. The number of carbonyl (C=O) groups is 2. The molecule has 33 heavy (non-hydrogen) atoms. The van der Waals surface area contributed by atoms with E-state index in [9.17, 15) is 28.2 Å². The third kappa shape index (κ3) is 4.05. The molecule has 3 N–H and O–H groups in total. The van der Waals surface area contributed by atoms with Crippen LogP contribution in [-0.4, -0.2) is 59.4 Å². The lowest BCUT2D eigenvalue weighted by molar-refractivity contribution is -0.202. The van der Waals surface area contributed by atoms with Crippen LogP contribution in [0.4, 0.5) is 0 Å². The summed E-state index contributed by atoms with van der Waals surface area (Å²) in [6.45, 7) is 4.81. The Morgan fingerprint density at radius 2 is 1.79 bits per heavy atom. The number of rotatable bonds is 5. The standard InChI is InChI=1S/C23H36O9S/c1-13(24)31-12-19(26)23(27)9-7-17-16-5-4-14-10-15(32-33(28,29)30)6-8-21(14,2)20(16)18(25)11-22(17,23)3/h14-18,20,25,27H,4-12H2,1-3H3,(H,28,29,30)/t14-,15-,16+,17+,18+,20-,21+,22+,23+/m1/s1. The van der Waals surface area contributed by atoms with Crippen molar-refractivity contribution >= 4 is 22.2 Å². The first kappa shape index (κ1) is 25.0. The second-order valence-electron chi connectivity index (χ2n) is 11.3. The van der Waals surface area contributed by atoms with Crippen molar-refractivity contribution in [3.05, 3.63) is 0 Å². The van der Waals surface area contributed by atoms with Gasteiger partial charge >= 0.3 is 16.4 Å². The van der Waals surface area contributed by atoms with Crippen LogP contribution in [0, 0.1) is 34.5 Å². The summed E-state index contributed by atoms with van der Waals surface area (Å²) in [5.74, 6) is -0.751. The van der Waals surface area contributed by atoms with Crippen LogP contribution in [0.15, 0.2) is 0 Å². The van der Waals surface area contributed by atoms with Crippen molar-refractivity contribution in [3.63, 3.8) is 0 Å². The highest BCUT2D eigenvalue weighted by Gasteiger charge is 2.68. The van der Waals surface area contributed by atoms with Crippen LogP contribution in [0.2, 0.25) is 0 Å². The van der Waals surface area contributed by atoms with Crippen LogP contribution in [0.3, 0.4) is 0 Å². The predicted molar refractivity (Wildman–Crippen MR) is 116 cm³/mol. The molecule has 4 rings (SSSR count). The molecule has 4 fully saturated rings. The molecule has 0 spiro atoms. The second kappa shape index (κ2) is 8.26. The molecule has 0 saturated heterocycles. The van der Waals surface area contributed by atoms with E-state index >= 15 is 0 Å². The fraction of sp³-hybridized carbons (Fsp3) is 0.913. The number of aliphatic hydroxyl groups excluding tert-OH is 1. The number of aliphatic hydroxyl groups is 2. The van der Waals surface area contributed by atoms with Crippen molar-refractivity contribution in [2.75, 3.05) is 6.61 Å². The van der Waals surface area contributed by atoms with Crippen molar-refractivity contribution in [1.82, 2.24) is 0 Å². The van der Waals surface area contributed by atoms with Gasteiger partial charge in [0.25, 0.3) is 0 Å². The quantitative estimate of drug-likeness (QED) is 0.390. The zero-order valence-corrected chi connectivity index (χ0v) is 20.3. The zero-order valence-electron chi connectivity index (χ0n) is 19.5. The van der Waals surface area contributed by atoms with E-state index in [1.165, 1.54) is 6.92 Å². The minimum atomic E-state index is -4.51. The lowest BCUT2D eigenvalue weighted by Gasteiger charge is -2.62. The predicted octanol–water partition coefficient (Wildman–Crippen LogP) is 2.05. The van der Waals surface area contributed by atoms with E-state index in [2.05, 4.69) is 6.92 Å². The molecule has 0 aliphatic heterocycles. The molecular formula is C23H36O9S. The van der Waals surface area contributed by atoms with E-state index in [1.807, 2.05) is 6.92 Å². The summed E-state index contributed by atoms with van der Waals surface area (Å²) in [6.07, 6.45) is 3.29. The Kier molecular flexibility index (Phi) is 6.26. The third-order valence-corrected chi connectivity index (χ3v) is 10.3. The molecule has 9 nitrogen and oxygen atoms in total. The maximum atomic E-state index is 12.9. The Labute approximate surface area is 195 Å². The lowest BCUT2D eigenvalue weighted by atomic mass is 9.43. The highest BCUT2D eigenvalue weighted by atomic mass is 32.3. The smallest absolute Gasteiger partial charge is 0.397 e. The second-order valence-corrected chi connectivity index (χ2v) is 12.3. The molecule has 4 aliphatic rings. The SMILES string of the molecule is CC(=O)OCC(=O)[C@@]1(O)CC[C@H]2[C@@H]3CC[C@@H]4C[C@H](OS(=O)(=O)O)CC[C@]4(C)[C@H]3[C@@H](O)C[C@@]21C. The molecule has 0 aromatic rings. The first-order chi connectivity index (χ1) is 15.2. The number of hydrogen-bond acceptors (Lipinski definition) is 8. The topological polar surface area (TPSA) is 147 Å². The molecule has 0 heterocycles. The van der Waals surface area contributed by atoms with Gasteiger partial charge < -0.3 is 14.9 Å². The fourth-order valence-electron chi connectivity index (χ4n) is 8.35. The van der Waals surface area contributed by atoms with Gasteiger partial charge in [-0.3, -0.25) is 14.1 Å². The normalized spacial score (nSPS) is 47.2. The van der Waals surface area contributed by atoms with Gasteiger partial charge in [0.1, 0.15) is 5.60 Å². The molecule has 4 saturated carbocycles. The molecule has 0 aromatic carbocycles. The molecule has 0 radical (unpaired) electrons. The van der Waals surface area contributed by atoms with Crippen LogP contribution >= 0.6 is 0 Å². The molecule has 0 bridgehead atoms. The molecule has 0 unspecified atom stereocenters. The summed E-state index contributed by atoms with van der Waals surface area (Å²) in [7, 11) is -4.51. The molecule has 10 heteroatoms. The van der Waals surface area contributed by atoms with E-state index in [0.717, 1.165) is 12.8 Å². The van der Waals surface area contributed by atoms with Crippen LogP contribution < -0.4 is 0 Å². The summed E-state index contributed by atoms with van der Waals surface area (Å²) in [6, 6.07) is 0. The maximum Gasteiger partial charge on any atom is 0.397 e. The lowest BCUT2D eigenvalue weighted by Crippen LogP contribution is -2.63. The van der Waals surface area contributed by atoms with Crippen LogP contribution in [0.25, 0.3) is 0 Å². The maximum absolute atomic E-state index is 12.9. The summed E-state index contributed by atoms with van der Waals surface area (Å²) < 4.78 is 41.2. The van der Waals surface area contributed by atoms with Gasteiger partial charge in [-0.25, -0.2) is 4.18 Å². The van der Waals surface area contributed by atoms with Gasteiger partial charge in [0.05, 0.1) is 12.2 Å². The number of Topliss-reactive ketones (excluding diaryl/α,β-unsaturated/α-hetero) is 1. The van der Waals surface area contributed by atoms with Crippen molar-refractivity contribution in [2.24, 2.45) is 34.5 Å². The van der Waals surface area contributed by atoms with Crippen molar-refractivity contribution < 1.29 is 41.7 Å². The van der Waals surface area contributed by atoms with E-state index in [-0.39, 0.29) is 41.9 Å². The highest BCUT2D eigenvalue weighted by Crippen LogP contribution is 2.68. The number of ketones is 1. The van der Waals surface area contributed by atoms with Crippen molar-refractivity contribution in [1.29, 1.82) is 0 Å². The summed E-state index contributed by atoms with van der Waals surface area (Å²) in [5.41, 5.74) is -2.66. The van der Waals surface area contributed by atoms with Gasteiger partial charge in [-0.1, -0.05) is 13.8 Å². The fourth-order valence-corrected chi connectivity index (χ4v) is 8.87. The molecular weight excluding hydrogens is 452 g/mol. The number of carbonyl (C=O) groups excluding carboxylic acids is 2. The first-order valence-electron chi connectivity index (χ1n) is 11.9. The van der Waals surface area contributed by atoms with Crippen LogP contribution in [0.1, 0.15) is 72.1 Å². The Hall–Kier alpha value is -1.07. The Morgan fingerprint density at radius 3 is 2.42 bits per heavy atom. The number of fused-ring (bicyclic) bond motifs is 5. The van der Waals surface area contributed by atoms with Gasteiger partial charge in [0, 0.05) is 12.3 Å². The zero-order chi connectivity index (χ0) is 24.4. The van der Waals surface area contributed by atoms with Gasteiger partial charge in [0.2, 0.25) is 5.78 Å². The van der Waals surface area contributed by atoms with Gasteiger partial charge in [0.15, 0.2) is 6.61 Å². The Morgan fingerprint density at radius 1 is 1.09 bits per heavy atom. The third-order valence-electron chi connectivity index (χ3n) is 9.83. The van der Waals surface area contributed by atoms with Crippen LogP contribution in [-0.2, 0) is 28.9 Å². The molecule has 4 aliphatic carbocycles. The molecule has 0 aromatic heterocycles. The number of hydrogen-bond donors (Lipinski definition) is 3. The minimum absolute atomic E-state index is 0.0214. The van der Waals surface area contributed by atoms with E-state index in [0.29, 0.717) is 25.7 Å². The molecule has 0 amide bonds. The Bertz CT molecular complexity index is 919. The van der Waals surface area contributed by atoms with Crippen molar-refractivity contribution in [2.45, 2.75) is 89.9 Å². The average molecular weight is 489 g/mol.